The minimum absolute atomic E-state index is 0.00499. The standard InChI is InChI=1S/C22H34N6O/c1-22(2,3)28-14-16(11-24-28)13-27-10-6-9-18(15-27)20-19(12-23-26-20)25-21(29)17-7-4-5-8-17/h11-12,14,17-18H,4-10,13,15H2,1-3H3,(H,23,26)(H,25,29). The average Bonchev–Trinajstić information content (AvgIpc) is 3.43. The molecule has 1 amide bonds. The van der Waals surface area contributed by atoms with Gasteiger partial charge in [-0.2, -0.15) is 10.2 Å². The van der Waals surface area contributed by atoms with Crippen molar-refractivity contribution in [3.8, 4) is 0 Å². The predicted molar refractivity (Wildman–Crippen MR) is 114 cm³/mol. The Bertz CT molecular complexity index is 826. The second-order valence-electron chi connectivity index (χ2n) is 9.71. The van der Waals surface area contributed by atoms with Gasteiger partial charge in [0.05, 0.1) is 29.3 Å². The van der Waals surface area contributed by atoms with Gasteiger partial charge >= 0.3 is 0 Å². The fraction of sp³-hybridized carbons (Fsp3) is 0.682. The number of hydrogen-bond donors (Lipinski definition) is 2. The van der Waals surface area contributed by atoms with Crippen molar-refractivity contribution < 1.29 is 4.79 Å². The van der Waals surface area contributed by atoms with Crippen LogP contribution in [0.25, 0.3) is 0 Å². The summed E-state index contributed by atoms with van der Waals surface area (Å²) in [6.45, 7) is 9.47. The zero-order valence-electron chi connectivity index (χ0n) is 17.9. The van der Waals surface area contributed by atoms with Crippen molar-refractivity contribution in [2.75, 3.05) is 18.4 Å². The Hall–Kier alpha value is -2.15. The second-order valence-corrected chi connectivity index (χ2v) is 9.71. The van der Waals surface area contributed by atoms with E-state index in [0.29, 0.717) is 5.92 Å². The van der Waals surface area contributed by atoms with E-state index in [-0.39, 0.29) is 17.4 Å². The van der Waals surface area contributed by atoms with Gasteiger partial charge in [0.2, 0.25) is 5.91 Å². The predicted octanol–water partition coefficient (Wildman–Crippen LogP) is 3.87. The van der Waals surface area contributed by atoms with Crippen LogP contribution in [0.5, 0.6) is 0 Å². The SMILES string of the molecule is CC(C)(C)n1cc(CN2CCCC(c3[nH]ncc3NC(=O)C3CCCC3)C2)cn1. The summed E-state index contributed by atoms with van der Waals surface area (Å²) in [5, 5.41) is 15.1. The molecular weight excluding hydrogens is 364 g/mol. The lowest BCUT2D eigenvalue weighted by Crippen LogP contribution is -2.34. The molecule has 1 saturated carbocycles. The zero-order valence-corrected chi connectivity index (χ0v) is 17.9. The summed E-state index contributed by atoms with van der Waals surface area (Å²) in [5.41, 5.74) is 3.20. The molecule has 158 valence electrons. The van der Waals surface area contributed by atoms with Gasteiger partial charge < -0.3 is 5.32 Å². The third kappa shape index (κ3) is 4.71. The van der Waals surface area contributed by atoms with Crippen molar-refractivity contribution in [2.45, 2.75) is 77.3 Å². The molecule has 0 bridgehead atoms. The first-order valence-corrected chi connectivity index (χ1v) is 11.0. The Labute approximate surface area is 173 Å². The molecule has 3 heterocycles. The maximum absolute atomic E-state index is 12.6. The molecule has 2 fully saturated rings. The highest BCUT2D eigenvalue weighted by Crippen LogP contribution is 2.32. The van der Waals surface area contributed by atoms with Gasteiger partial charge in [0.15, 0.2) is 0 Å². The minimum atomic E-state index is 0.00499. The summed E-state index contributed by atoms with van der Waals surface area (Å²) in [7, 11) is 0. The first-order valence-electron chi connectivity index (χ1n) is 11.0. The molecule has 2 aromatic rings. The van der Waals surface area contributed by atoms with Crippen LogP contribution in [-0.4, -0.2) is 43.9 Å². The number of hydrogen-bond acceptors (Lipinski definition) is 4. The van der Waals surface area contributed by atoms with Crippen LogP contribution >= 0.6 is 0 Å². The summed E-state index contributed by atoms with van der Waals surface area (Å²) >= 11 is 0. The van der Waals surface area contributed by atoms with Crippen molar-refractivity contribution in [3.63, 3.8) is 0 Å². The lowest BCUT2D eigenvalue weighted by Gasteiger charge is -2.32. The lowest BCUT2D eigenvalue weighted by atomic mass is 9.93. The smallest absolute Gasteiger partial charge is 0.227 e. The van der Waals surface area contributed by atoms with Gasteiger partial charge in [-0.05, 0) is 53.0 Å². The van der Waals surface area contributed by atoms with Gasteiger partial charge in [-0.1, -0.05) is 12.8 Å². The monoisotopic (exact) mass is 398 g/mol. The number of aromatic nitrogens is 4. The summed E-state index contributed by atoms with van der Waals surface area (Å²) in [6, 6.07) is 0. The molecule has 1 saturated heterocycles. The third-order valence-electron chi connectivity index (χ3n) is 6.30. The molecule has 1 aliphatic carbocycles. The first-order chi connectivity index (χ1) is 13.9. The molecule has 1 unspecified atom stereocenters. The van der Waals surface area contributed by atoms with Gasteiger partial charge in [0.1, 0.15) is 0 Å². The Morgan fingerprint density at radius 1 is 1.21 bits per heavy atom. The quantitative estimate of drug-likeness (QED) is 0.801. The Balaban J connectivity index is 1.39. The van der Waals surface area contributed by atoms with E-state index in [1.807, 2.05) is 10.9 Å². The number of amides is 1. The van der Waals surface area contributed by atoms with Crippen LogP contribution in [0, 0.1) is 5.92 Å². The summed E-state index contributed by atoms with van der Waals surface area (Å²) in [6.07, 6.45) is 12.5. The summed E-state index contributed by atoms with van der Waals surface area (Å²) in [5.74, 6) is 0.690. The van der Waals surface area contributed by atoms with Crippen LogP contribution in [0.15, 0.2) is 18.6 Å². The minimum Gasteiger partial charge on any atom is -0.323 e. The first kappa shape index (κ1) is 20.1. The summed E-state index contributed by atoms with van der Waals surface area (Å²) in [4.78, 5) is 15.1. The van der Waals surface area contributed by atoms with Gasteiger partial charge in [-0.15, -0.1) is 0 Å². The Morgan fingerprint density at radius 2 is 2.00 bits per heavy atom. The molecule has 2 N–H and O–H groups in total. The molecule has 2 aliphatic rings. The van der Waals surface area contributed by atoms with Crippen LogP contribution < -0.4 is 5.32 Å². The molecule has 2 aromatic heterocycles. The number of nitrogens with one attached hydrogen (secondary N) is 2. The number of carbonyl (C=O) groups is 1. The number of piperidine rings is 1. The van der Waals surface area contributed by atoms with Crippen molar-refractivity contribution in [2.24, 2.45) is 5.92 Å². The van der Waals surface area contributed by atoms with Crippen molar-refractivity contribution in [3.05, 3.63) is 29.8 Å². The van der Waals surface area contributed by atoms with Crippen LogP contribution in [0.4, 0.5) is 5.69 Å². The van der Waals surface area contributed by atoms with Gasteiger partial charge in [0.25, 0.3) is 0 Å². The molecule has 7 heteroatoms. The topological polar surface area (TPSA) is 78.8 Å². The second kappa shape index (κ2) is 8.30. The Morgan fingerprint density at radius 3 is 2.72 bits per heavy atom. The molecule has 0 radical (unpaired) electrons. The number of likely N-dealkylation sites (tertiary alicyclic amines) is 1. The largest absolute Gasteiger partial charge is 0.323 e. The van der Waals surface area contributed by atoms with Gasteiger partial charge in [0, 0.05) is 36.7 Å². The molecule has 0 spiro atoms. The van der Waals surface area contributed by atoms with E-state index in [2.05, 4.69) is 52.5 Å². The zero-order chi connectivity index (χ0) is 20.4. The number of rotatable bonds is 5. The van der Waals surface area contributed by atoms with E-state index >= 15 is 0 Å². The van der Waals surface area contributed by atoms with E-state index in [1.54, 1.807) is 6.20 Å². The molecule has 4 rings (SSSR count). The van der Waals surface area contributed by atoms with Crippen LogP contribution in [0.1, 0.15) is 76.5 Å². The van der Waals surface area contributed by atoms with E-state index in [9.17, 15) is 4.79 Å². The summed E-state index contributed by atoms with van der Waals surface area (Å²) < 4.78 is 2.04. The third-order valence-corrected chi connectivity index (χ3v) is 6.30. The van der Waals surface area contributed by atoms with Crippen molar-refractivity contribution in [1.82, 2.24) is 24.9 Å². The average molecular weight is 399 g/mol. The lowest BCUT2D eigenvalue weighted by molar-refractivity contribution is -0.119. The fourth-order valence-electron chi connectivity index (χ4n) is 4.63. The highest BCUT2D eigenvalue weighted by molar-refractivity contribution is 5.93. The molecule has 1 atom stereocenters. The van der Waals surface area contributed by atoms with Crippen molar-refractivity contribution in [1.29, 1.82) is 0 Å². The highest BCUT2D eigenvalue weighted by atomic mass is 16.1. The fourth-order valence-corrected chi connectivity index (χ4v) is 4.63. The van der Waals surface area contributed by atoms with E-state index < -0.39 is 0 Å². The van der Waals surface area contributed by atoms with Crippen LogP contribution in [-0.2, 0) is 16.9 Å². The van der Waals surface area contributed by atoms with Gasteiger partial charge in [-0.25, -0.2) is 0 Å². The number of H-pyrrole nitrogens is 1. The molecule has 29 heavy (non-hydrogen) atoms. The van der Waals surface area contributed by atoms with Crippen molar-refractivity contribution >= 4 is 11.6 Å². The maximum atomic E-state index is 12.6. The molecule has 1 aliphatic heterocycles. The molecular formula is C22H34N6O. The molecule has 0 aromatic carbocycles. The number of nitrogens with zero attached hydrogens (tertiary/aromatic N) is 4. The number of carbonyl (C=O) groups excluding carboxylic acids is 1. The Kier molecular flexibility index (Phi) is 5.76. The van der Waals surface area contributed by atoms with Crippen LogP contribution in [0.2, 0.25) is 0 Å². The van der Waals surface area contributed by atoms with Gasteiger partial charge in [-0.3, -0.25) is 19.5 Å². The van der Waals surface area contributed by atoms with E-state index in [0.717, 1.165) is 56.7 Å². The molecule has 7 nitrogen and oxygen atoms in total. The number of aromatic amines is 1. The van der Waals surface area contributed by atoms with E-state index in [4.69, 9.17) is 0 Å². The highest BCUT2D eigenvalue weighted by Gasteiger charge is 2.28. The number of anilines is 1. The van der Waals surface area contributed by atoms with Crippen LogP contribution in [0.3, 0.4) is 0 Å². The normalized spacial score (nSPS) is 21.6. The van der Waals surface area contributed by atoms with E-state index in [1.165, 1.54) is 18.4 Å². The maximum Gasteiger partial charge on any atom is 0.227 e.